The first-order chi connectivity index (χ1) is 16.0. The molecule has 2 aliphatic heterocycles. The van der Waals surface area contributed by atoms with Crippen LogP contribution in [0.1, 0.15) is 43.5 Å². The fourth-order valence-electron chi connectivity index (χ4n) is 4.87. The molecule has 2 N–H and O–H groups in total. The van der Waals surface area contributed by atoms with Gasteiger partial charge in [-0.05, 0) is 50.1 Å². The number of pyridine rings is 1. The van der Waals surface area contributed by atoms with Crippen LogP contribution in [0.3, 0.4) is 0 Å². The molecule has 0 aliphatic carbocycles. The Labute approximate surface area is 196 Å². The molecule has 2 aliphatic rings. The summed E-state index contributed by atoms with van der Waals surface area (Å²) in [5.41, 5.74) is 3.67. The minimum absolute atomic E-state index is 0.0461. The Kier molecular flexibility index (Phi) is 7.63. The Morgan fingerprint density at radius 3 is 2.52 bits per heavy atom. The van der Waals surface area contributed by atoms with Gasteiger partial charge in [0, 0.05) is 44.3 Å². The number of aromatic nitrogens is 1. The second kappa shape index (κ2) is 10.6. The van der Waals surface area contributed by atoms with Gasteiger partial charge in [0.1, 0.15) is 6.10 Å². The first-order valence-corrected chi connectivity index (χ1v) is 12.1. The SMILES string of the molecule is CCC[C@H](O)C(O)c1ccc(N2CC[C@@H](Cc3ccccc3N3CCN(C)CC3)C2=O)cn1. The summed E-state index contributed by atoms with van der Waals surface area (Å²) < 4.78 is 0. The van der Waals surface area contributed by atoms with E-state index in [4.69, 9.17) is 0 Å². The molecular formula is C26H36N4O3. The normalized spacial score (nSPS) is 21.5. The van der Waals surface area contributed by atoms with E-state index in [0.717, 1.165) is 51.1 Å². The number of para-hydroxylation sites is 1. The smallest absolute Gasteiger partial charge is 0.230 e. The fraction of sp³-hybridized carbons (Fsp3) is 0.538. The van der Waals surface area contributed by atoms with Crippen LogP contribution in [-0.4, -0.2) is 71.9 Å². The number of amides is 1. The molecule has 4 rings (SSSR count). The van der Waals surface area contributed by atoms with Crippen molar-refractivity contribution in [3.05, 3.63) is 53.9 Å². The van der Waals surface area contributed by atoms with E-state index in [9.17, 15) is 15.0 Å². The van der Waals surface area contributed by atoms with Crippen molar-refractivity contribution in [2.24, 2.45) is 5.92 Å². The number of anilines is 2. The molecule has 2 aromatic rings. The molecule has 3 heterocycles. The van der Waals surface area contributed by atoms with Crippen LogP contribution in [0.4, 0.5) is 11.4 Å². The highest BCUT2D eigenvalue weighted by Crippen LogP contribution is 2.31. The lowest BCUT2D eigenvalue weighted by Crippen LogP contribution is -2.44. The van der Waals surface area contributed by atoms with Crippen molar-refractivity contribution in [2.45, 2.75) is 44.8 Å². The van der Waals surface area contributed by atoms with Crippen molar-refractivity contribution in [3.8, 4) is 0 Å². The molecule has 1 aromatic carbocycles. The maximum atomic E-state index is 13.2. The third kappa shape index (κ3) is 5.37. The predicted octanol–water partition coefficient (Wildman–Crippen LogP) is 2.62. The number of hydrogen-bond donors (Lipinski definition) is 2. The molecule has 33 heavy (non-hydrogen) atoms. The van der Waals surface area contributed by atoms with Crippen LogP contribution in [0.5, 0.6) is 0 Å². The average Bonchev–Trinajstić information content (AvgIpc) is 3.20. The minimum Gasteiger partial charge on any atom is -0.390 e. The summed E-state index contributed by atoms with van der Waals surface area (Å²) >= 11 is 0. The van der Waals surface area contributed by atoms with Crippen LogP contribution in [0.2, 0.25) is 0 Å². The third-order valence-corrected chi connectivity index (χ3v) is 6.95. The highest BCUT2D eigenvalue weighted by Gasteiger charge is 2.33. The fourth-order valence-corrected chi connectivity index (χ4v) is 4.87. The van der Waals surface area contributed by atoms with Gasteiger partial charge in [-0.3, -0.25) is 9.78 Å². The van der Waals surface area contributed by atoms with Gasteiger partial charge in [0.15, 0.2) is 0 Å². The molecule has 0 saturated carbocycles. The van der Waals surface area contributed by atoms with Gasteiger partial charge < -0.3 is 24.9 Å². The zero-order chi connectivity index (χ0) is 23.4. The van der Waals surface area contributed by atoms with Crippen molar-refractivity contribution in [1.29, 1.82) is 0 Å². The molecule has 2 fully saturated rings. The maximum Gasteiger partial charge on any atom is 0.230 e. The first kappa shape index (κ1) is 23.7. The Balaban J connectivity index is 1.42. The molecule has 0 radical (unpaired) electrons. The second-order valence-electron chi connectivity index (χ2n) is 9.34. The second-order valence-corrected chi connectivity index (χ2v) is 9.34. The van der Waals surface area contributed by atoms with Crippen LogP contribution in [-0.2, 0) is 11.2 Å². The maximum absolute atomic E-state index is 13.2. The predicted molar refractivity (Wildman–Crippen MR) is 130 cm³/mol. The summed E-state index contributed by atoms with van der Waals surface area (Å²) in [7, 11) is 2.16. The summed E-state index contributed by atoms with van der Waals surface area (Å²) in [6, 6.07) is 12.0. The summed E-state index contributed by atoms with van der Waals surface area (Å²) in [6.45, 7) is 6.76. The van der Waals surface area contributed by atoms with E-state index in [2.05, 4.69) is 46.1 Å². The van der Waals surface area contributed by atoms with E-state index in [1.807, 2.05) is 13.0 Å². The highest BCUT2D eigenvalue weighted by molar-refractivity contribution is 5.97. The van der Waals surface area contributed by atoms with Crippen molar-refractivity contribution >= 4 is 17.3 Å². The average molecular weight is 453 g/mol. The Hall–Kier alpha value is -2.48. The van der Waals surface area contributed by atoms with Gasteiger partial charge in [0.05, 0.1) is 23.7 Å². The summed E-state index contributed by atoms with van der Waals surface area (Å²) in [5, 5.41) is 20.3. The van der Waals surface area contributed by atoms with Crippen LogP contribution in [0.15, 0.2) is 42.6 Å². The number of nitrogens with zero attached hydrogens (tertiary/aromatic N) is 4. The van der Waals surface area contributed by atoms with Gasteiger partial charge in [-0.2, -0.15) is 0 Å². The molecule has 0 bridgehead atoms. The van der Waals surface area contributed by atoms with Crippen LogP contribution >= 0.6 is 0 Å². The molecule has 7 nitrogen and oxygen atoms in total. The van der Waals surface area contributed by atoms with Gasteiger partial charge >= 0.3 is 0 Å². The monoisotopic (exact) mass is 452 g/mol. The number of likely N-dealkylation sites (N-methyl/N-ethyl adjacent to an activating group) is 1. The van der Waals surface area contributed by atoms with Gasteiger partial charge in [0.2, 0.25) is 5.91 Å². The van der Waals surface area contributed by atoms with E-state index in [-0.39, 0.29) is 11.8 Å². The standard InChI is InChI=1S/C26H36N4O3/c1-3-6-24(31)25(32)22-10-9-21(18-27-22)30-12-11-20(26(30)33)17-19-7-4-5-8-23(19)29-15-13-28(2)14-16-29/h4-5,7-10,18,20,24-25,31-32H,3,6,11-17H2,1-2H3/t20-,24-,25?/m0/s1. The Morgan fingerprint density at radius 1 is 1.06 bits per heavy atom. The van der Waals surface area contributed by atoms with E-state index in [0.29, 0.717) is 18.7 Å². The Morgan fingerprint density at radius 2 is 1.82 bits per heavy atom. The topological polar surface area (TPSA) is 80.1 Å². The number of aliphatic hydroxyl groups excluding tert-OH is 2. The first-order valence-electron chi connectivity index (χ1n) is 12.1. The van der Waals surface area contributed by atoms with Crippen molar-refractivity contribution in [2.75, 3.05) is 49.6 Å². The van der Waals surface area contributed by atoms with Gasteiger partial charge in [-0.25, -0.2) is 0 Å². The summed E-state index contributed by atoms with van der Waals surface area (Å²) in [4.78, 5) is 24.2. The molecule has 178 valence electrons. The number of hydrogen-bond acceptors (Lipinski definition) is 6. The number of carbonyl (C=O) groups excluding carboxylic acids is 1. The van der Waals surface area contributed by atoms with Gasteiger partial charge in [-0.1, -0.05) is 31.5 Å². The van der Waals surface area contributed by atoms with E-state index in [1.165, 1.54) is 11.3 Å². The van der Waals surface area contributed by atoms with E-state index in [1.54, 1.807) is 17.2 Å². The third-order valence-electron chi connectivity index (χ3n) is 6.95. The molecule has 1 amide bonds. The molecule has 1 unspecified atom stereocenters. The van der Waals surface area contributed by atoms with E-state index < -0.39 is 12.2 Å². The molecule has 1 aromatic heterocycles. The molecule has 7 heteroatoms. The molecule has 3 atom stereocenters. The highest BCUT2D eigenvalue weighted by atomic mass is 16.3. The van der Waals surface area contributed by atoms with Crippen molar-refractivity contribution < 1.29 is 15.0 Å². The minimum atomic E-state index is -1.01. The zero-order valence-electron chi connectivity index (χ0n) is 19.7. The molecule has 0 spiro atoms. The van der Waals surface area contributed by atoms with Crippen molar-refractivity contribution in [3.63, 3.8) is 0 Å². The number of carbonyl (C=O) groups is 1. The summed E-state index contributed by atoms with van der Waals surface area (Å²) in [6.07, 6.45) is 2.67. The lowest BCUT2D eigenvalue weighted by molar-refractivity contribution is -0.120. The molecular weight excluding hydrogens is 416 g/mol. The lowest BCUT2D eigenvalue weighted by atomic mass is 9.96. The Bertz CT molecular complexity index is 927. The number of rotatable bonds is 8. The van der Waals surface area contributed by atoms with Crippen molar-refractivity contribution in [1.82, 2.24) is 9.88 Å². The number of aliphatic hydroxyl groups is 2. The van der Waals surface area contributed by atoms with E-state index >= 15 is 0 Å². The van der Waals surface area contributed by atoms with Crippen LogP contribution in [0, 0.1) is 5.92 Å². The molecule has 2 saturated heterocycles. The number of piperazine rings is 1. The largest absolute Gasteiger partial charge is 0.390 e. The lowest BCUT2D eigenvalue weighted by Gasteiger charge is -2.35. The van der Waals surface area contributed by atoms with Crippen LogP contribution < -0.4 is 9.80 Å². The van der Waals surface area contributed by atoms with Gasteiger partial charge in [-0.15, -0.1) is 0 Å². The number of benzene rings is 1. The quantitative estimate of drug-likeness (QED) is 0.641. The summed E-state index contributed by atoms with van der Waals surface area (Å²) in [5.74, 6) is 0.0829. The van der Waals surface area contributed by atoms with Gasteiger partial charge in [0.25, 0.3) is 0 Å². The van der Waals surface area contributed by atoms with Crippen LogP contribution in [0.25, 0.3) is 0 Å². The zero-order valence-corrected chi connectivity index (χ0v) is 19.7.